The van der Waals surface area contributed by atoms with Crippen LogP contribution in [0.3, 0.4) is 0 Å². The summed E-state index contributed by atoms with van der Waals surface area (Å²) >= 11 is 0. The first-order chi connectivity index (χ1) is 11.9. The van der Waals surface area contributed by atoms with Gasteiger partial charge in [-0.1, -0.05) is 20.8 Å². The molecule has 1 aliphatic carbocycles. The lowest BCUT2D eigenvalue weighted by Crippen LogP contribution is -2.41. The van der Waals surface area contributed by atoms with Crippen molar-refractivity contribution in [3.8, 4) is 0 Å². The zero-order chi connectivity index (χ0) is 17.6. The molecule has 0 unspecified atom stereocenters. The maximum absolute atomic E-state index is 12.6. The van der Waals surface area contributed by atoms with Crippen molar-refractivity contribution in [3.63, 3.8) is 0 Å². The third-order valence-corrected chi connectivity index (χ3v) is 5.11. The van der Waals surface area contributed by atoms with E-state index in [2.05, 4.69) is 16.0 Å². The highest BCUT2D eigenvalue weighted by molar-refractivity contribution is 5.81. The summed E-state index contributed by atoms with van der Waals surface area (Å²) in [5.74, 6) is 1.87. The normalized spacial score (nSPS) is 19.3. The summed E-state index contributed by atoms with van der Waals surface area (Å²) in [7, 11) is 0. The van der Waals surface area contributed by atoms with Gasteiger partial charge in [0.15, 0.2) is 5.82 Å². The van der Waals surface area contributed by atoms with Gasteiger partial charge in [0.05, 0.1) is 5.69 Å². The lowest BCUT2D eigenvalue weighted by Gasteiger charge is -2.28. The van der Waals surface area contributed by atoms with Gasteiger partial charge in [0.2, 0.25) is 5.91 Å². The molecule has 134 valence electrons. The Labute approximate surface area is 148 Å². The largest absolute Gasteiger partial charge is 0.353 e. The first kappa shape index (κ1) is 16.4. The van der Waals surface area contributed by atoms with Crippen LogP contribution in [0.15, 0.2) is 18.5 Å². The fourth-order valence-corrected chi connectivity index (χ4v) is 3.56. The Morgan fingerprint density at radius 3 is 2.68 bits per heavy atom. The maximum atomic E-state index is 12.6. The molecule has 2 aliphatic rings. The molecule has 4 rings (SSSR count). The van der Waals surface area contributed by atoms with Crippen LogP contribution in [0, 0.1) is 5.41 Å². The average Bonchev–Trinajstić information content (AvgIpc) is 3.36. The Bertz CT molecular complexity index is 787. The quantitative estimate of drug-likeness (QED) is 0.843. The predicted molar refractivity (Wildman–Crippen MR) is 97.8 cm³/mol. The van der Waals surface area contributed by atoms with Gasteiger partial charge < -0.3 is 9.80 Å². The molecule has 0 spiro atoms. The van der Waals surface area contributed by atoms with Crippen molar-refractivity contribution in [1.29, 1.82) is 0 Å². The fourth-order valence-electron chi connectivity index (χ4n) is 3.56. The van der Waals surface area contributed by atoms with Crippen molar-refractivity contribution in [2.45, 2.75) is 46.0 Å². The van der Waals surface area contributed by atoms with Crippen LogP contribution in [0.5, 0.6) is 0 Å². The van der Waals surface area contributed by atoms with Crippen LogP contribution in [-0.4, -0.2) is 51.6 Å². The fraction of sp³-hybridized carbons (Fsp3) is 0.632. The monoisotopic (exact) mass is 341 g/mol. The van der Waals surface area contributed by atoms with Gasteiger partial charge in [0, 0.05) is 49.9 Å². The van der Waals surface area contributed by atoms with Crippen LogP contribution in [0.2, 0.25) is 0 Å². The molecule has 6 nitrogen and oxygen atoms in total. The second-order valence-corrected chi connectivity index (χ2v) is 8.31. The summed E-state index contributed by atoms with van der Waals surface area (Å²) < 4.78 is 1.96. The van der Waals surface area contributed by atoms with Crippen LogP contribution >= 0.6 is 0 Å². The molecular weight excluding hydrogens is 314 g/mol. The highest BCUT2D eigenvalue weighted by Crippen LogP contribution is 2.40. The second kappa shape index (κ2) is 6.00. The molecule has 2 fully saturated rings. The number of carbonyl (C=O) groups is 1. The molecular formula is C19H27N5O. The van der Waals surface area contributed by atoms with Gasteiger partial charge in [-0.2, -0.15) is 5.10 Å². The van der Waals surface area contributed by atoms with Gasteiger partial charge in [0.25, 0.3) is 0 Å². The molecule has 3 heterocycles. The molecule has 0 aromatic carbocycles. The van der Waals surface area contributed by atoms with Crippen LogP contribution in [0.1, 0.15) is 51.6 Å². The molecule has 2 aromatic rings. The van der Waals surface area contributed by atoms with Gasteiger partial charge >= 0.3 is 0 Å². The van der Waals surface area contributed by atoms with E-state index < -0.39 is 0 Å². The minimum absolute atomic E-state index is 0.237. The molecule has 6 heteroatoms. The number of aromatic nitrogens is 3. The van der Waals surface area contributed by atoms with E-state index in [0.717, 1.165) is 43.9 Å². The topological polar surface area (TPSA) is 53.7 Å². The number of rotatable bonds is 2. The SMILES string of the molecule is CC(C)(C)C(=O)N1CCCN(c2nccn3nc(C4CC4)cc23)CC1. The van der Waals surface area contributed by atoms with E-state index in [9.17, 15) is 4.79 Å². The molecule has 25 heavy (non-hydrogen) atoms. The Morgan fingerprint density at radius 2 is 1.96 bits per heavy atom. The molecule has 0 N–H and O–H groups in total. The molecule has 0 atom stereocenters. The van der Waals surface area contributed by atoms with Gasteiger partial charge in [-0.3, -0.25) is 4.79 Å². The first-order valence-corrected chi connectivity index (χ1v) is 9.32. The second-order valence-electron chi connectivity index (χ2n) is 8.31. The smallest absolute Gasteiger partial charge is 0.228 e. The Kier molecular flexibility index (Phi) is 3.93. The summed E-state index contributed by atoms with van der Waals surface area (Å²) in [6, 6.07) is 2.20. The number of nitrogens with zero attached hydrogens (tertiary/aromatic N) is 5. The van der Waals surface area contributed by atoms with Crippen molar-refractivity contribution in [1.82, 2.24) is 19.5 Å². The Morgan fingerprint density at radius 1 is 1.16 bits per heavy atom. The van der Waals surface area contributed by atoms with E-state index in [1.807, 2.05) is 42.6 Å². The van der Waals surface area contributed by atoms with Gasteiger partial charge in [-0.25, -0.2) is 9.50 Å². The number of fused-ring (bicyclic) bond motifs is 1. The molecule has 2 aromatic heterocycles. The highest BCUT2D eigenvalue weighted by atomic mass is 16.2. The minimum Gasteiger partial charge on any atom is -0.353 e. The summed E-state index contributed by atoms with van der Waals surface area (Å²) in [4.78, 5) is 21.6. The number of hydrogen-bond donors (Lipinski definition) is 0. The van der Waals surface area contributed by atoms with E-state index in [1.54, 1.807) is 0 Å². The number of amides is 1. The highest BCUT2D eigenvalue weighted by Gasteiger charge is 2.30. The van der Waals surface area contributed by atoms with Crippen molar-refractivity contribution in [3.05, 3.63) is 24.2 Å². The van der Waals surface area contributed by atoms with Gasteiger partial charge in [-0.05, 0) is 25.3 Å². The zero-order valence-corrected chi connectivity index (χ0v) is 15.4. The third-order valence-electron chi connectivity index (χ3n) is 5.11. The van der Waals surface area contributed by atoms with Crippen molar-refractivity contribution < 1.29 is 4.79 Å². The molecule has 1 amide bonds. The van der Waals surface area contributed by atoms with Crippen LogP contribution in [0.4, 0.5) is 5.82 Å². The van der Waals surface area contributed by atoms with E-state index in [0.29, 0.717) is 5.92 Å². The third kappa shape index (κ3) is 3.22. The van der Waals surface area contributed by atoms with Gasteiger partial charge in [0.1, 0.15) is 5.52 Å². The lowest BCUT2D eigenvalue weighted by atomic mass is 9.94. The zero-order valence-electron chi connectivity index (χ0n) is 15.4. The average molecular weight is 341 g/mol. The standard InChI is InChI=1S/C19H27N5O/c1-19(2,3)18(25)23-9-4-8-22(11-12-23)17-16-13-15(14-5-6-14)21-24(16)10-7-20-17/h7,10,13-14H,4-6,8-9,11-12H2,1-3H3. The van der Waals surface area contributed by atoms with E-state index in [1.165, 1.54) is 18.5 Å². The van der Waals surface area contributed by atoms with Crippen molar-refractivity contribution in [2.75, 3.05) is 31.1 Å². The van der Waals surface area contributed by atoms with Crippen molar-refractivity contribution >= 4 is 17.2 Å². The number of carbonyl (C=O) groups excluding carboxylic acids is 1. The summed E-state index contributed by atoms with van der Waals surface area (Å²) in [6.07, 6.45) is 7.22. The van der Waals surface area contributed by atoms with Crippen LogP contribution < -0.4 is 4.90 Å². The summed E-state index contributed by atoms with van der Waals surface area (Å²) in [5, 5.41) is 4.71. The van der Waals surface area contributed by atoms with E-state index >= 15 is 0 Å². The Balaban J connectivity index is 1.56. The summed E-state index contributed by atoms with van der Waals surface area (Å²) in [6.45, 7) is 9.29. The first-order valence-electron chi connectivity index (χ1n) is 9.32. The Hall–Kier alpha value is -2.11. The molecule has 1 saturated carbocycles. The minimum atomic E-state index is -0.321. The predicted octanol–water partition coefficient (Wildman–Crippen LogP) is 2.69. The number of hydrogen-bond acceptors (Lipinski definition) is 4. The van der Waals surface area contributed by atoms with Crippen molar-refractivity contribution in [2.24, 2.45) is 5.41 Å². The molecule has 0 radical (unpaired) electrons. The van der Waals surface area contributed by atoms with Crippen LogP contribution in [-0.2, 0) is 4.79 Å². The number of anilines is 1. The molecule has 1 aliphatic heterocycles. The maximum Gasteiger partial charge on any atom is 0.228 e. The molecule has 1 saturated heterocycles. The summed E-state index contributed by atoms with van der Waals surface area (Å²) in [5.41, 5.74) is 1.95. The van der Waals surface area contributed by atoms with E-state index in [4.69, 9.17) is 5.10 Å². The lowest BCUT2D eigenvalue weighted by molar-refractivity contribution is -0.139. The van der Waals surface area contributed by atoms with Crippen LogP contribution in [0.25, 0.3) is 5.52 Å². The molecule has 0 bridgehead atoms. The van der Waals surface area contributed by atoms with E-state index in [-0.39, 0.29) is 11.3 Å². The van der Waals surface area contributed by atoms with Gasteiger partial charge in [-0.15, -0.1) is 0 Å².